The van der Waals surface area contributed by atoms with Crippen LogP contribution in [0.5, 0.6) is 0 Å². The lowest BCUT2D eigenvalue weighted by atomic mass is 9.50. The molecule has 2 N–H and O–H groups in total. The van der Waals surface area contributed by atoms with Crippen LogP contribution < -0.4 is 5.32 Å². The highest BCUT2D eigenvalue weighted by Crippen LogP contribution is 2.67. The first-order valence-electron chi connectivity index (χ1n) is 15.9. The monoisotopic (exact) mass is 627 g/mol. The van der Waals surface area contributed by atoms with Crippen molar-refractivity contribution in [1.29, 1.82) is 0 Å². The summed E-state index contributed by atoms with van der Waals surface area (Å²) in [5.74, 6) is -2.84. The summed E-state index contributed by atoms with van der Waals surface area (Å²) >= 11 is 0. The van der Waals surface area contributed by atoms with E-state index in [0.29, 0.717) is 12.0 Å². The first-order chi connectivity index (χ1) is 21.3. The number of carbonyl (C=O) groups is 2. The average Bonchev–Trinajstić information content (AvgIpc) is 3.31. The van der Waals surface area contributed by atoms with Crippen LogP contribution in [-0.4, -0.2) is 71.3 Å². The number of allylic oxidation sites excluding steroid dienone is 1. The molecule has 1 aromatic rings. The van der Waals surface area contributed by atoms with E-state index < -0.39 is 41.2 Å². The Hall–Kier alpha value is -3.37. The Labute approximate surface area is 262 Å². The van der Waals surface area contributed by atoms with Crippen LogP contribution in [0.4, 0.5) is 13.2 Å². The van der Waals surface area contributed by atoms with Crippen LogP contribution in [0.1, 0.15) is 58.4 Å². The summed E-state index contributed by atoms with van der Waals surface area (Å²) < 4.78 is 56.8. The first-order valence-corrected chi connectivity index (χ1v) is 15.9. The number of rotatable bonds is 8. The summed E-state index contributed by atoms with van der Waals surface area (Å²) in [6.07, 6.45) is 3.21. The SMILES string of the molecule is C=CC[N+]1(CC(C)C)CC[C@]23C4=C5C=CC(NC(=O)C(=C(O)c6ccccc6)C(F)(F)F)(OC(C)=O)C4O[C@H]2CCC[C@H]3[C@H]1C5. The normalized spacial score (nSPS) is 35.4. The predicted octanol–water partition coefficient (Wildman–Crippen LogP) is 6.15. The van der Waals surface area contributed by atoms with Crippen molar-refractivity contribution in [3.05, 3.63) is 77.4 Å². The highest BCUT2D eigenvalue weighted by molar-refractivity contribution is 6.01. The Bertz CT molecular complexity index is 1480. The Morgan fingerprint density at radius 3 is 2.62 bits per heavy atom. The molecule has 5 aliphatic rings. The molecule has 3 aliphatic carbocycles. The Morgan fingerprint density at radius 2 is 1.98 bits per heavy atom. The fraction of sp³-hybridized carbons (Fsp3) is 0.543. The minimum absolute atomic E-state index is 0.168. The number of halogens is 3. The number of aliphatic hydroxyl groups excluding tert-OH is 1. The predicted molar refractivity (Wildman–Crippen MR) is 162 cm³/mol. The number of alkyl halides is 3. The lowest BCUT2D eigenvalue weighted by Crippen LogP contribution is -2.71. The van der Waals surface area contributed by atoms with E-state index in [0.717, 1.165) is 74.3 Å². The van der Waals surface area contributed by atoms with Crippen molar-refractivity contribution in [2.24, 2.45) is 17.3 Å². The van der Waals surface area contributed by atoms with Crippen LogP contribution in [0.2, 0.25) is 0 Å². The van der Waals surface area contributed by atoms with Gasteiger partial charge in [-0.3, -0.25) is 9.59 Å². The molecular weight excluding hydrogens is 585 g/mol. The second-order valence-corrected chi connectivity index (χ2v) is 13.8. The fourth-order valence-electron chi connectivity index (χ4n) is 9.53. The molecule has 1 saturated carbocycles. The second-order valence-electron chi connectivity index (χ2n) is 13.8. The molecular formula is C35H42F3N2O5+. The van der Waals surface area contributed by atoms with Gasteiger partial charge in [0.2, 0.25) is 5.72 Å². The third-order valence-corrected chi connectivity index (χ3v) is 10.8. The van der Waals surface area contributed by atoms with E-state index in [1.165, 1.54) is 30.3 Å². The van der Waals surface area contributed by atoms with Gasteiger partial charge in [-0.1, -0.05) is 63.3 Å². The number of nitrogens with one attached hydrogen (secondary N) is 1. The number of piperidine rings is 1. The van der Waals surface area contributed by atoms with Gasteiger partial charge in [0.1, 0.15) is 11.9 Å². The van der Waals surface area contributed by atoms with Crippen LogP contribution >= 0.6 is 0 Å². The first kappa shape index (κ1) is 31.6. The lowest BCUT2D eigenvalue weighted by Gasteiger charge is -2.63. The van der Waals surface area contributed by atoms with Crippen molar-refractivity contribution in [1.82, 2.24) is 5.32 Å². The number of nitrogens with zero attached hydrogens (tertiary/aromatic N) is 1. The molecule has 1 spiro atoms. The highest BCUT2D eigenvalue weighted by Gasteiger charge is 2.72. The summed E-state index contributed by atoms with van der Waals surface area (Å²) in [6, 6.07) is 7.40. The molecule has 6 rings (SSSR count). The number of ether oxygens (including phenoxy) is 2. The quantitative estimate of drug-likeness (QED) is 0.0903. The third kappa shape index (κ3) is 4.95. The van der Waals surface area contributed by atoms with Crippen molar-refractivity contribution in [2.75, 3.05) is 19.6 Å². The molecule has 7 atom stereocenters. The van der Waals surface area contributed by atoms with Crippen LogP contribution in [0.3, 0.4) is 0 Å². The molecule has 10 heteroatoms. The zero-order chi connectivity index (χ0) is 32.4. The van der Waals surface area contributed by atoms with E-state index in [9.17, 15) is 27.9 Å². The molecule has 2 aliphatic heterocycles. The van der Waals surface area contributed by atoms with E-state index in [-0.39, 0.29) is 23.0 Å². The van der Waals surface area contributed by atoms with Crippen molar-refractivity contribution < 1.29 is 41.8 Å². The molecule has 1 amide bonds. The maximum Gasteiger partial charge on any atom is 0.425 e. The smallest absolute Gasteiger partial charge is 0.425 e. The van der Waals surface area contributed by atoms with E-state index >= 15 is 0 Å². The third-order valence-electron chi connectivity index (χ3n) is 10.8. The van der Waals surface area contributed by atoms with E-state index in [4.69, 9.17) is 9.47 Å². The molecule has 2 bridgehead atoms. The molecule has 3 fully saturated rings. The molecule has 1 aromatic carbocycles. The van der Waals surface area contributed by atoms with Crippen molar-refractivity contribution >= 4 is 17.6 Å². The summed E-state index contributed by atoms with van der Waals surface area (Å²) in [7, 11) is 0. The Balaban J connectivity index is 1.45. The largest absolute Gasteiger partial charge is 0.506 e. The van der Waals surface area contributed by atoms with Gasteiger partial charge in [-0.25, -0.2) is 0 Å². The standard InChI is InChI=1S/C35H41F3N2O5/c1-5-17-40(20-21(2)3)18-16-33-25-12-9-13-27(33)44-31-28(33)24(19-26(25)40)14-15-34(31,45-22(4)41)39-32(43)29(35(36,37)38)30(42)23-10-7-6-8-11-23/h5-8,10-11,14-15,21,25-27,31H,1,9,12-13,16-20H2,2-4H3,(H-,39,42,43)/p+1/t25-,26+,27-,31?,33+,34?,40?/m0/s1. The Morgan fingerprint density at radius 1 is 1.24 bits per heavy atom. The van der Waals surface area contributed by atoms with Gasteiger partial charge in [-0.05, 0) is 36.1 Å². The average molecular weight is 628 g/mol. The lowest BCUT2D eigenvalue weighted by molar-refractivity contribution is -0.960. The number of quaternary nitrogens is 1. The van der Waals surface area contributed by atoms with Gasteiger partial charge < -0.3 is 24.4 Å². The number of benzene rings is 1. The summed E-state index contributed by atoms with van der Waals surface area (Å²) in [4.78, 5) is 26.2. The maximum atomic E-state index is 14.4. The van der Waals surface area contributed by atoms with E-state index in [2.05, 4.69) is 25.7 Å². The van der Waals surface area contributed by atoms with Crippen molar-refractivity contribution in [3.8, 4) is 0 Å². The Kier molecular flexibility index (Phi) is 7.84. The minimum Gasteiger partial charge on any atom is -0.506 e. The van der Waals surface area contributed by atoms with Gasteiger partial charge in [0.15, 0.2) is 5.57 Å². The number of carbonyl (C=O) groups excluding carboxylic acids is 2. The fourth-order valence-corrected chi connectivity index (χ4v) is 9.53. The maximum absolute atomic E-state index is 14.4. The van der Waals surface area contributed by atoms with Crippen LogP contribution in [-0.2, 0) is 19.1 Å². The zero-order valence-electron chi connectivity index (χ0n) is 26.0. The highest BCUT2D eigenvalue weighted by atomic mass is 19.4. The summed E-state index contributed by atoms with van der Waals surface area (Å²) in [5, 5.41) is 13.1. The zero-order valence-corrected chi connectivity index (χ0v) is 26.0. The summed E-state index contributed by atoms with van der Waals surface area (Å²) in [5.41, 5.74) is -2.34. The number of amides is 1. The van der Waals surface area contributed by atoms with Crippen molar-refractivity contribution in [2.45, 2.75) is 83.0 Å². The van der Waals surface area contributed by atoms with Gasteiger partial charge in [0.05, 0.1) is 31.8 Å². The second kappa shape index (κ2) is 11.2. The molecule has 3 unspecified atom stereocenters. The number of esters is 1. The van der Waals surface area contributed by atoms with Gasteiger partial charge in [-0.2, -0.15) is 13.2 Å². The molecule has 0 radical (unpaired) electrons. The van der Waals surface area contributed by atoms with Gasteiger partial charge in [0.25, 0.3) is 5.91 Å². The molecule has 2 saturated heterocycles. The van der Waals surface area contributed by atoms with Gasteiger partial charge >= 0.3 is 12.1 Å². The summed E-state index contributed by atoms with van der Waals surface area (Å²) in [6.45, 7) is 12.5. The number of aliphatic hydroxyl groups is 1. The molecule has 7 nitrogen and oxygen atoms in total. The van der Waals surface area contributed by atoms with Crippen molar-refractivity contribution in [3.63, 3.8) is 0 Å². The van der Waals surface area contributed by atoms with Crippen LogP contribution in [0.25, 0.3) is 5.76 Å². The molecule has 242 valence electrons. The molecule has 0 aromatic heterocycles. The number of hydrogen-bond acceptors (Lipinski definition) is 5. The van der Waals surface area contributed by atoms with Crippen LogP contribution in [0, 0.1) is 17.3 Å². The van der Waals surface area contributed by atoms with Gasteiger partial charge in [0, 0.05) is 42.6 Å². The number of likely N-dealkylation sites (tertiary alicyclic amines) is 1. The van der Waals surface area contributed by atoms with E-state index in [1.54, 1.807) is 6.07 Å². The number of hydrogen-bond donors (Lipinski definition) is 2. The molecule has 2 heterocycles. The molecule has 45 heavy (non-hydrogen) atoms. The topological polar surface area (TPSA) is 84.9 Å². The van der Waals surface area contributed by atoms with E-state index in [1.807, 2.05) is 12.2 Å². The van der Waals surface area contributed by atoms with Gasteiger partial charge in [-0.15, -0.1) is 0 Å². The minimum atomic E-state index is -5.21. The van der Waals surface area contributed by atoms with Crippen LogP contribution in [0.15, 0.2) is 71.9 Å².